The molecule has 0 saturated heterocycles. The lowest BCUT2D eigenvalue weighted by atomic mass is 9.91. The van der Waals surface area contributed by atoms with Crippen LogP contribution in [0.5, 0.6) is 0 Å². The number of nitrogens with zero attached hydrogens (tertiary/aromatic N) is 5. The second-order valence-corrected chi connectivity index (χ2v) is 9.75. The van der Waals surface area contributed by atoms with Gasteiger partial charge in [0.2, 0.25) is 5.91 Å². The normalized spacial score (nSPS) is 12.8. The molecule has 1 amide bonds. The molecule has 2 aromatic heterocycles. The van der Waals surface area contributed by atoms with Crippen LogP contribution in [0.25, 0.3) is 22.6 Å². The standard InChI is InChI=1S/C28H36N6O4/c1-5-7-13-24(35)22(10-6-2)27(36)34(25(18(3)4)28(37)38)17-19-14-15-23(29-16-19)20-11-8-9-12-21(20)26-30-32-33-31-26/h8-9,11-12,14-16,18,22,25H,5-7,10,13,17H2,1-4H3,(H,37,38)(H,30,31,32,33)/t22?,25-/m0/s1. The number of aromatic amines is 1. The van der Waals surface area contributed by atoms with E-state index in [2.05, 4.69) is 25.6 Å². The van der Waals surface area contributed by atoms with Gasteiger partial charge in [0, 0.05) is 30.3 Å². The molecule has 0 radical (unpaired) electrons. The summed E-state index contributed by atoms with van der Waals surface area (Å²) in [5.74, 6) is -2.33. The molecule has 38 heavy (non-hydrogen) atoms. The third kappa shape index (κ3) is 6.87. The van der Waals surface area contributed by atoms with Crippen LogP contribution >= 0.6 is 0 Å². The van der Waals surface area contributed by atoms with Crippen molar-refractivity contribution < 1.29 is 19.5 Å². The number of benzene rings is 1. The lowest BCUT2D eigenvalue weighted by Crippen LogP contribution is -2.51. The van der Waals surface area contributed by atoms with E-state index in [4.69, 9.17) is 0 Å². The zero-order valence-corrected chi connectivity index (χ0v) is 22.4. The number of rotatable bonds is 14. The summed E-state index contributed by atoms with van der Waals surface area (Å²) in [4.78, 5) is 44.9. The number of hydrogen-bond acceptors (Lipinski definition) is 7. The molecule has 0 bridgehead atoms. The molecular formula is C28H36N6O4. The molecule has 1 unspecified atom stereocenters. The predicted molar refractivity (Wildman–Crippen MR) is 143 cm³/mol. The molecule has 0 saturated carbocycles. The Kier molecular flexibility index (Phi) is 10.2. The molecule has 0 fully saturated rings. The van der Waals surface area contributed by atoms with E-state index in [1.54, 1.807) is 20.0 Å². The quantitative estimate of drug-likeness (QED) is 0.295. The molecule has 2 atom stereocenters. The first-order valence-electron chi connectivity index (χ1n) is 13.1. The highest BCUT2D eigenvalue weighted by atomic mass is 16.4. The summed E-state index contributed by atoms with van der Waals surface area (Å²) < 4.78 is 0. The zero-order valence-electron chi connectivity index (χ0n) is 22.4. The maximum atomic E-state index is 13.8. The number of nitrogens with one attached hydrogen (secondary N) is 1. The third-order valence-electron chi connectivity index (χ3n) is 6.53. The van der Waals surface area contributed by atoms with Crippen LogP contribution in [-0.2, 0) is 20.9 Å². The predicted octanol–water partition coefficient (Wildman–Crippen LogP) is 4.54. The number of Topliss-reactive ketones (excluding diaryl/α,β-unsaturated/α-hetero) is 1. The van der Waals surface area contributed by atoms with Crippen LogP contribution in [0.3, 0.4) is 0 Å². The Morgan fingerprint density at radius 3 is 2.32 bits per heavy atom. The lowest BCUT2D eigenvalue weighted by molar-refractivity contribution is -0.156. The highest BCUT2D eigenvalue weighted by molar-refractivity contribution is 6.02. The minimum atomic E-state index is -1.09. The Bertz CT molecular complexity index is 1210. The van der Waals surface area contributed by atoms with Gasteiger partial charge in [0.15, 0.2) is 5.82 Å². The Morgan fingerprint density at radius 2 is 1.76 bits per heavy atom. The summed E-state index contributed by atoms with van der Waals surface area (Å²) in [6.07, 6.45) is 4.55. The molecule has 1 aromatic carbocycles. The highest BCUT2D eigenvalue weighted by Crippen LogP contribution is 2.29. The maximum Gasteiger partial charge on any atom is 0.326 e. The van der Waals surface area contributed by atoms with Crippen molar-refractivity contribution in [2.45, 2.75) is 72.4 Å². The minimum Gasteiger partial charge on any atom is -0.480 e. The average molecular weight is 521 g/mol. The molecule has 0 aliphatic rings. The molecule has 0 aliphatic carbocycles. The highest BCUT2D eigenvalue weighted by Gasteiger charge is 2.37. The average Bonchev–Trinajstić information content (AvgIpc) is 3.44. The fourth-order valence-electron chi connectivity index (χ4n) is 4.59. The summed E-state index contributed by atoms with van der Waals surface area (Å²) in [5, 5.41) is 24.1. The molecule has 3 rings (SSSR count). The largest absolute Gasteiger partial charge is 0.480 e. The minimum absolute atomic E-state index is 0.0379. The summed E-state index contributed by atoms with van der Waals surface area (Å²) in [6, 6.07) is 10.1. The van der Waals surface area contributed by atoms with Gasteiger partial charge in [0.05, 0.1) is 11.6 Å². The second kappa shape index (κ2) is 13.6. The number of ketones is 1. The van der Waals surface area contributed by atoms with Crippen LogP contribution in [0.2, 0.25) is 0 Å². The van der Waals surface area contributed by atoms with Gasteiger partial charge in [0.1, 0.15) is 11.8 Å². The van der Waals surface area contributed by atoms with Crippen molar-refractivity contribution in [1.29, 1.82) is 0 Å². The topological polar surface area (TPSA) is 142 Å². The smallest absolute Gasteiger partial charge is 0.326 e. The van der Waals surface area contributed by atoms with E-state index < -0.39 is 23.8 Å². The first kappa shape index (κ1) is 28.6. The number of pyridine rings is 1. The van der Waals surface area contributed by atoms with E-state index in [0.29, 0.717) is 42.8 Å². The van der Waals surface area contributed by atoms with Gasteiger partial charge in [-0.25, -0.2) is 9.89 Å². The summed E-state index contributed by atoms with van der Waals surface area (Å²) in [6.45, 7) is 7.49. The number of aliphatic carboxylic acids is 1. The Labute approximate surface area is 222 Å². The fourth-order valence-corrected chi connectivity index (χ4v) is 4.59. The fraction of sp³-hybridized carbons (Fsp3) is 0.464. The van der Waals surface area contributed by atoms with Crippen LogP contribution in [0.1, 0.15) is 65.4 Å². The number of carboxylic acids is 1. The number of tetrazole rings is 1. The molecule has 0 spiro atoms. The van der Waals surface area contributed by atoms with Gasteiger partial charge < -0.3 is 10.0 Å². The van der Waals surface area contributed by atoms with Gasteiger partial charge in [-0.1, -0.05) is 70.9 Å². The molecule has 2 N–H and O–H groups in total. The maximum absolute atomic E-state index is 13.8. The number of hydrogen-bond donors (Lipinski definition) is 2. The van der Waals surface area contributed by atoms with Gasteiger partial charge in [-0.3, -0.25) is 14.6 Å². The number of carboxylic acid groups (broad SMARTS) is 1. The van der Waals surface area contributed by atoms with E-state index >= 15 is 0 Å². The summed E-state index contributed by atoms with van der Waals surface area (Å²) in [7, 11) is 0. The third-order valence-corrected chi connectivity index (χ3v) is 6.53. The SMILES string of the molecule is CCCCC(=O)C(CCC)C(=O)N(Cc1ccc(-c2ccccc2-c2nnn[nH]2)nc1)[C@H](C(=O)O)C(C)C. The van der Waals surface area contributed by atoms with Gasteiger partial charge in [-0.15, -0.1) is 5.10 Å². The number of carbonyl (C=O) groups is 3. The number of H-pyrrole nitrogens is 1. The van der Waals surface area contributed by atoms with E-state index in [9.17, 15) is 19.5 Å². The molecule has 10 nitrogen and oxygen atoms in total. The molecular weight excluding hydrogens is 484 g/mol. The van der Waals surface area contributed by atoms with Crippen molar-refractivity contribution in [1.82, 2.24) is 30.5 Å². The van der Waals surface area contributed by atoms with Crippen LogP contribution in [0.4, 0.5) is 0 Å². The molecule has 0 aliphatic heterocycles. The van der Waals surface area contributed by atoms with Crippen molar-refractivity contribution in [2.75, 3.05) is 0 Å². The Balaban J connectivity index is 1.93. The van der Waals surface area contributed by atoms with Crippen molar-refractivity contribution in [3.8, 4) is 22.6 Å². The van der Waals surface area contributed by atoms with Crippen molar-refractivity contribution in [3.63, 3.8) is 0 Å². The first-order chi connectivity index (χ1) is 18.3. The Morgan fingerprint density at radius 1 is 1.03 bits per heavy atom. The lowest BCUT2D eigenvalue weighted by Gasteiger charge is -2.34. The molecule has 202 valence electrons. The molecule has 3 aromatic rings. The van der Waals surface area contributed by atoms with Crippen molar-refractivity contribution >= 4 is 17.7 Å². The summed E-state index contributed by atoms with van der Waals surface area (Å²) in [5.41, 5.74) is 2.95. The zero-order chi connectivity index (χ0) is 27.7. The van der Waals surface area contributed by atoms with Gasteiger partial charge in [-0.05, 0) is 40.8 Å². The number of unbranched alkanes of at least 4 members (excludes halogenated alkanes) is 1. The number of aromatic nitrogens is 5. The van der Waals surface area contributed by atoms with Crippen molar-refractivity contribution in [3.05, 3.63) is 48.2 Å². The Hall–Kier alpha value is -3.95. The van der Waals surface area contributed by atoms with E-state index in [0.717, 1.165) is 17.5 Å². The number of amides is 1. The van der Waals surface area contributed by atoms with Gasteiger partial charge in [-0.2, -0.15) is 0 Å². The van der Waals surface area contributed by atoms with Crippen LogP contribution in [0.15, 0.2) is 42.6 Å². The van der Waals surface area contributed by atoms with E-state index in [1.165, 1.54) is 4.90 Å². The number of carbonyl (C=O) groups excluding carboxylic acids is 2. The summed E-state index contributed by atoms with van der Waals surface area (Å²) >= 11 is 0. The van der Waals surface area contributed by atoms with Crippen LogP contribution in [0, 0.1) is 11.8 Å². The monoisotopic (exact) mass is 520 g/mol. The van der Waals surface area contributed by atoms with Gasteiger partial charge >= 0.3 is 5.97 Å². The second-order valence-electron chi connectivity index (χ2n) is 9.75. The van der Waals surface area contributed by atoms with E-state index in [-0.39, 0.29) is 18.2 Å². The molecule has 10 heteroatoms. The van der Waals surface area contributed by atoms with Gasteiger partial charge in [0.25, 0.3) is 0 Å². The van der Waals surface area contributed by atoms with E-state index in [1.807, 2.05) is 50.2 Å². The van der Waals surface area contributed by atoms with Crippen molar-refractivity contribution in [2.24, 2.45) is 11.8 Å². The van der Waals surface area contributed by atoms with Crippen LogP contribution in [-0.4, -0.2) is 59.3 Å². The molecule has 2 heterocycles. The van der Waals surface area contributed by atoms with Crippen LogP contribution < -0.4 is 0 Å². The first-order valence-corrected chi connectivity index (χ1v) is 13.1.